The van der Waals surface area contributed by atoms with Gasteiger partial charge in [-0.05, 0) is 12.8 Å². The van der Waals surface area contributed by atoms with E-state index in [0.717, 1.165) is 19.3 Å². The van der Waals surface area contributed by atoms with Crippen LogP contribution in [0.3, 0.4) is 0 Å². The third kappa shape index (κ3) is 7.10. The zero-order chi connectivity index (χ0) is 8.53. The van der Waals surface area contributed by atoms with Crippen LogP contribution in [0.4, 0.5) is 0 Å². The molecule has 0 aliphatic carbocycles. The van der Waals surface area contributed by atoms with E-state index in [0.29, 0.717) is 6.42 Å². The first-order valence-corrected chi connectivity index (χ1v) is 4.03. The molecule has 0 fully saturated rings. The number of methoxy groups -OCH3 is 1. The average Bonchev–Trinajstić information content (AvgIpc) is 2.04. The molecule has 0 radical (unpaired) electrons. The Morgan fingerprint density at radius 3 is 2.55 bits per heavy atom. The van der Waals surface area contributed by atoms with E-state index in [1.165, 1.54) is 7.11 Å². The summed E-state index contributed by atoms with van der Waals surface area (Å²) >= 11 is 0. The van der Waals surface area contributed by atoms with Crippen LogP contribution in [0.2, 0.25) is 0 Å². The molecule has 2 nitrogen and oxygen atoms in total. The number of rotatable bonds is 5. The van der Waals surface area contributed by atoms with Gasteiger partial charge in [-0.15, -0.1) is 0 Å². The van der Waals surface area contributed by atoms with Gasteiger partial charge in [-0.2, -0.15) is 0 Å². The van der Waals surface area contributed by atoms with Gasteiger partial charge in [0.05, 0.1) is 7.11 Å². The van der Waals surface area contributed by atoms with E-state index >= 15 is 0 Å². The maximum Gasteiger partial charge on any atom is 0.305 e. The highest BCUT2D eigenvalue weighted by Crippen LogP contribution is 1.95. The minimum Gasteiger partial charge on any atom is -0.469 e. The Morgan fingerprint density at radius 1 is 1.36 bits per heavy atom. The highest BCUT2D eigenvalue weighted by atomic mass is 16.5. The van der Waals surface area contributed by atoms with Crippen molar-refractivity contribution < 1.29 is 9.53 Å². The summed E-state index contributed by atoms with van der Waals surface area (Å²) in [4.78, 5) is 10.6. The van der Waals surface area contributed by atoms with E-state index < -0.39 is 0 Å². The maximum atomic E-state index is 10.6. The third-order valence-corrected chi connectivity index (χ3v) is 1.36. The van der Waals surface area contributed by atoms with Crippen molar-refractivity contribution in [1.29, 1.82) is 0 Å². The number of unbranched alkanes of at least 4 members (excludes halogenated alkanes) is 1. The Bertz CT molecular complexity index is 128. The lowest BCUT2D eigenvalue weighted by atomic mass is 10.2. The van der Waals surface area contributed by atoms with Crippen LogP contribution in [0.1, 0.15) is 32.6 Å². The second kappa shape index (κ2) is 7.32. The molecule has 0 unspecified atom stereocenters. The molecular weight excluding hydrogens is 140 g/mol. The number of carbonyl (C=O) groups is 1. The minimum absolute atomic E-state index is 0.133. The molecule has 0 aromatic carbocycles. The van der Waals surface area contributed by atoms with Gasteiger partial charge >= 0.3 is 5.97 Å². The van der Waals surface area contributed by atoms with E-state index in [9.17, 15) is 4.79 Å². The summed E-state index contributed by atoms with van der Waals surface area (Å²) in [7, 11) is 1.41. The monoisotopic (exact) mass is 156 g/mol. The summed E-state index contributed by atoms with van der Waals surface area (Å²) in [6.07, 6.45) is 7.68. The van der Waals surface area contributed by atoms with Crippen LogP contribution in [0, 0.1) is 0 Å². The van der Waals surface area contributed by atoms with Gasteiger partial charge in [-0.25, -0.2) is 0 Å². The van der Waals surface area contributed by atoms with Crippen LogP contribution in [0.15, 0.2) is 12.2 Å². The Balaban J connectivity index is 3.19. The summed E-state index contributed by atoms with van der Waals surface area (Å²) in [5, 5.41) is 0. The molecule has 64 valence electrons. The standard InChI is InChI=1S/C9H16O2/c1-3-4-5-6-7-8-9(10)11-2/h5-6H,3-4,7-8H2,1-2H3/b6-5-. The van der Waals surface area contributed by atoms with E-state index in [1.807, 2.05) is 6.08 Å². The van der Waals surface area contributed by atoms with Crippen molar-refractivity contribution in [1.82, 2.24) is 0 Å². The molecule has 0 saturated carbocycles. The second-order valence-electron chi connectivity index (χ2n) is 2.37. The smallest absolute Gasteiger partial charge is 0.305 e. The van der Waals surface area contributed by atoms with E-state index in [4.69, 9.17) is 0 Å². The molecule has 11 heavy (non-hydrogen) atoms. The molecule has 0 amide bonds. The maximum absolute atomic E-state index is 10.6. The van der Waals surface area contributed by atoms with Crippen LogP contribution in [0.25, 0.3) is 0 Å². The van der Waals surface area contributed by atoms with E-state index in [-0.39, 0.29) is 5.97 Å². The van der Waals surface area contributed by atoms with Crippen LogP contribution in [0.5, 0.6) is 0 Å². The highest BCUT2D eigenvalue weighted by Gasteiger charge is 1.94. The van der Waals surface area contributed by atoms with Gasteiger partial charge in [0.25, 0.3) is 0 Å². The van der Waals surface area contributed by atoms with Crippen LogP contribution >= 0.6 is 0 Å². The number of ether oxygens (including phenoxy) is 1. The average molecular weight is 156 g/mol. The quantitative estimate of drug-likeness (QED) is 0.451. The number of allylic oxidation sites excluding steroid dienone is 2. The molecule has 0 aromatic heterocycles. The molecule has 0 atom stereocenters. The van der Waals surface area contributed by atoms with Crippen molar-refractivity contribution in [3.8, 4) is 0 Å². The van der Waals surface area contributed by atoms with Crippen molar-refractivity contribution in [2.75, 3.05) is 7.11 Å². The SMILES string of the molecule is CCC/C=C\CCC(=O)OC. The molecule has 0 spiro atoms. The normalized spacial score (nSPS) is 10.4. The van der Waals surface area contributed by atoms with Gasteiger partial charge in [0, 0.05) is 6.42 Å². The molecule has 0 saturated heterocycles. The van der Waals surface area contributed by atoms with Gasteiger partial charge < -0.3 is 4.74 Å². The molecule has 0 rings (SSSR count). The fourth-order valence-electron chi connectivity index (χ4n) is 0.706. The number of carbonyl (C=O) groups excluding carboxylic acids is 1. The van der Waals surface area contributed by atoms with Gasteiger partial charge in [-0.3, -0.25) is 4.79 Å². The van der Waals surface area contributed by atoms with Gasteiger partial charge in [0.15, 0.2) is 0 Å². The van der Waals surface area contributed by atoms with Gasteiger partial charge in [0.1, 0.15) is 0 Å². The fourth-order valence-corrected chi connectivity index (χ4v) is 0.706. The van der Waals surface area contributed by atoms with E-state index in [1.54, 1.807) is 0 Å². The fraction of sp³-hybridized carbons (Fsp3) is 0.667. The van der Waals surface area contributed by atoms with Crippen molar-refractivity contribution in [3.05, 3.63) is 12.2 Å². The van der Waals surface area contributed by atoms with Crippen LogP contribution in [-0.4, -0.2) is 13.1 Å². The molecular formula is C9H16O2. The second-order valence-corrected chi connectivity index (χ2v) is 2.37. The molecule has 0 aliphatic rings. The Morgan fingerprint density at radius 2 is 2.00 bits per heavy atom. The number of hydrogen-bond acceptors (Lipinski definition) is 2. The summed E-state index contributed by atoms with van der Waals surface area (Å²) in [5.74, 6) is -0.133. The van der Waals surface area contributed by atoms with Crippen molar-refractivity contribution in [2.45, 2.75) is 32.6 Å². The van der Waals surface area contributed by atoms with Crippen LogP contribution < -0.4 is 0 Å². The molecule has 0 aromatic rings. The topological polar surface area (TPSA) is 26.3 Å². The third-order valence-electron chi connectivity index (χ3n) is 1.36. The van der Waals surface area contributed by atoms with E-state index in [2.05, 4.69) is 17.7 Å². The largest absolute Gasteiger partial charge is 0.469 e. The molecule has 0 aliphatic heterocycles. The molecule has 0 heterocycles. The van der Waals surface area contributed by atoms with Gasteiger partial charge in [-0.1, -0.05) is 25.5 Å². The summed E-state index contributed by atoms with van der Waals surface area (Å²) in [6.45, 7) is 2.13. The lowest BCUT2D eigenvalue weighted by Gasteiger charge is -1.93. The Kier molecular flexibility index (Phi) is 6.79. The predicted molar refractivity (Wildman–Crippen MR) is 45.3 cm³/mol. The number of hydrogen-bond donors (Lipinski definition) is 0. The number of esters is 1. The highest BCUT2D eigenvalue weighted by molar-refractivity contribution is 5.69. The lowest BCUT2D eigenvalue weighted by Crippen LogP contribution is -1.97. The summed E-state index contributed by atoms with van der Waals surface area (Å²) in [6, 6.07) is 0. The summed E-state index contributed by atoms with van der Waals surface area (Å²) in [5.41, 5.74) is 0. The first-order chi connectivity index (χ1) is 5.31. The zero-order valence-corrected chi connectivity index (χ0v) is 7.30. The molecule has 0 bridgehead atoms. The zero-order valence-electron chi connectivity index (χ0n) is 7.30. The molecule has 0 N–H and O–H groups in total. The molecule has 2 heteroatoms. The minimum atomic E-state index is -0.133. The van der Waals surface area contributed by atoms with Gasteiger partial charge in [0.2, 0.25) is 0 Å². The van der Waals surface area contributed by atoms with Crippen molar-refractivity contribution >= 4 is 5.97 Å². The van der Waals surface area contributed by atoms with Crippen LogP contribution in [-0.2, 0) is 9.53 Å². The first-order valence-electron chi connectivity index (χ1n) is 4.03. The lowest BCUT2D eigenvalue weighted by molar-refractivity contribution is -0.140. The summed E-state index contributed by atoms with van der Waals surface area (Å²) < 4.78 is 4.48. The first kappa shape index (κ1) is 10.2. The Hall–Kier alpha value is -0.790. The van der Waals surface area contributed by atoms with Crippen molar-refractivity contribution in [3.63, 3.8) is 0 Å². The predicted octanol–water partition coefficient (Wildman–Crippen LogP) is 2.30. The van der Waals surface area contributed by atoms with Crippen molar-refractivity contribution in [2.24, 2.45) is 0 Å². The Labute approximate surface area is 68.2 Å².